The molecule has 6 nitrogen and oxygen atoms in total. The fraction of sp³-hybridized carbons (Fsp3) is 0.333. The highest BCUT2D eigenvalue weighted by molar-refractivity contribution is 7.13. The molecule has 0 aliphatic carbocycles. The monoisotopic (exact) mass is 353 g/mol. The summed E-state index contributed by atoms with van der Waals surface area (Å²) in [6.07, 6.45) is 5.30. The number of pyridine rings is 1. The lowest BCUT2D eigenvalue weighted by atomic mass is 9.96. The molecule has 25 heavy (non-hydrogen) atoms. The number of aryl methyl sites for hydroxylation is 1. The molecular formula is C18H19N5OS. The second-order valence-corrected chi connectivity index (χ2v) is 7.55. The van der Waals surface area contributed by atoms with Crippen LogP contribution in [0.5, 0.6) is 0 Å². The van der Waals surface area contributed by atoms with Crippen LogP contribution in [0.4, 0.5) is 0 Å². The number of rotatable bonds is 3. The minimum atomic E-state index is 0.144. The predicted molar refractivity (Wildman–Crippen MR) is 96.5 cm³/mol. The van der Waals surface area contributed by atoms with E-state index in [9.17, 15) is 4.79 Å². The van der Waals surface area contributed by atoms with Gasteiger partial charge in [-0.1, -0.05) is 0 Å². The summed E-state index contributed by atoms with van der Waals surface area (Å²) in [6, 6.07) is 7.75. The Morgan fingerprint density at radius 1 is 1.28 bits per heavy atom. The molecule has 7 heteroatoms. The molecule has 128 valence electrons. The third-order valence-corrected chi connectivity index (χ3v) is 5.53. The predicted octanol–water partition coefficient (Wildman–Crippen LogP) is 3.26. The number of aromatic nitrogens is 4. The van der Waals surface area contributed by atoms with E-state index in [0.717, 1.165) is 42.2 Å². The Labute approximate surface area is 149 Å². The molecule has 1 aliphatic heterocycles. The summed E-state index contributed by atoms with van der Waals surface area (Å²) in [7, 11) is 0. The number of hydrogen-bond acceptors (Lipinski definition) is 5. The van der Waals surface area contributed by atoms with Crippen LogP contribution in [0.3, 0.4) is 0 Å². The van der Waals surface area contributed by atoms with E-state index in [2.05, 4.69) is 20.2 Å². The number of H-pyrrole nitrogens is 1. The Bertz CT molecular complexity index is 864. The molecule has 1 saturated heterocycles. The Hall–Kier alpha value is -2.54. The van der Waals surface area contributed by atoms with Gasteiger partial charge >= 0.3 is 0 Å². The molecule has 0 bridgehead atoms. The van der Waals surface area contributed by atoms with Crippen molar-refractivity contribution in [3.05, 3.63) is 52.2 Å². The van der Waals surface area contributed by atoms with E-state index >= 15 is 0 Å². The van der Waals surface area contributed by atoms with Gasteiger partial charge in [-0.25, -0.2) is 4.98 Å². The summed E-state index contributed by atoms with van der Waals surface area (Å²) < 4.78 is 0. The van der Waals surface area contributed by atoms with Crippen LogP contribution in [0, 0.1) is 6.92 Å². The zero-order valence-electron chi connectivity index (χ0n) is 14.0. The first-order chi connectivity index (χ1) is 12.2. The number of likely N-dealkylation sites (tertiary alicyclic amines) is 1. The molecule has 0 spiro atoms. The van der Waals surface area contributed by atoms with Gasteiger partial charge in [0.2, 0.25) is 0 Å². The number of piperidine rings is 1. The second-order valence-electron chi connectivity index (χ2n) is 6.26. The number of thiophene rings is 1. The lowest BCUT2D eigenvalue weighted by Gasteiger charge is -2.30. The van der Waals surface area contributed by atoms with Crippen molar-refractivity contribution in [2.45, 2.75) is 25.7 Å². The van der Waals surface area contributed by atoms with Gasteiger partial charge in [0.15, 0.2) is 5.82 Å². The molecule has 4 heterocycles. The van der Waals surface area contributed by atoms with E-state index < -0.39 is 0 Å². The normalized spacial score (nSPS) is 15.5. The summed E-state index contributed by atoms with van der Waals surface area (Å²) >= 11 is 1.56. The first-order valence-electron chi connectivity index (χ1n) is 8.39. The summed E-state index contributed by atoms with van der Waals surface area (Å²) in [5, 5.41) is 7.37. The average molecular weight is 353 g/mol. The fourth-order valence-corrected chi connectivity index (χ4v) is 3.98. The van der Waals surface area contributed by atoms with E-state index in [1.807, 2.05) is 36.1 Å². The number of carbonyl (C=O) groups excluding carboxylic acids is 1. The van der Waals surface area contributed by atoms with Crippen molar-refractivity contribution in [3.63, 3.8) is 0 Å². The van der Waals surface area contributed by atoms with Crippen molar-refractivity contribution in [3.8, 4) is 11.4 Å². The van der Waals surface area contributed by atoms with Crippen LogP contribution in [0.1, 0.15) is 39.1 Å². The maximum atomic E-state index is 12.5. The van der Waals surface area contributed by atoms with Crippen LogP contribution >= 0.6 is 11.3 Å². The van der Waals surface area contributed by atoms with Gasteiger partial charge in [-0.05, 0) is 44.0 Å². The molecular weight excluding hydrogens is 334 g/mol. The lowest BCUT2D eigenvalue weighted by molar-refractivity contribution is 0.0716. The maximum absolute atomic E-state index is 12.5. The molecule has 1 amide bonds. The number of amides is 1. The highest BCUT2D eigenvalue weighted by Gasteiger charge is 2.27. The third-order valence-electron chi connectivity index (χ3n) is 4.54. The topological polar surface area (TPSA) is 74.8 Å². The van der Waals surface area contributed by atoms with Crippen molar-refractivity contribution in [1.82, 2.24) is 25.1 Å². The van der Waals surface area contributed by atoms with Crippen molar-refractivity contribution in [2.24, 2.45) is 0 Å². The van der Waals surface area contributed by atoms with Gasteiger partial charge < -0.3 is 4.90 Å². The van der Waals surface area contributed by atoms with Crippen LogP contribution in [0.2, 0.25) is 0 Å². The molecule has 0 saturated carbocycles. The van der Waals surface area contributed by atoms with Crippen LogP contribution < -0.4 is 0 Å². The molecule has 3 aromatic rings. The second kappa shape index (κ2) is 6.76. The summed E-state index contributed by atoms with van der Waals surface area (Å²) in [5.41, 5.74) is 0.908. The highest BCUT2D eigenvalue weighted by Crippen LogP contribution is 2.28. The zero-order chi connectivity index (χ0) is 17.2. The van der Waals surface area contributed by atoms with E-state index in [0.29, 0.717) is 11.7 Å². The molecule has 0 atom stereocenters. The van der Waals surface area contributed by atoms with Crippen molar-refractivity contribution < 1.29 is 4.79 Å². The van der Waals surface area contributed by atoms with E-state index in [-0.39, 0.29) is 5.91 Å². The quantitative estimate of drug-likeness (QED) is 0.784. The molecule has 1 fully saturated rings. The van der Waals surface area contributed by atoms with Crippen molar-refractivity contribution >= 4 is 17.2 Å². The molecule has 0 radical (unpaired) electrons. The first-order valence-corrected chi connectivity index (χ1v) is 9.21. The van der Waals surface area contributed by atoms with Crippen LogP contribution in [-0.4, -0.2) is 44.1 Å². The molecule has 0 aromatic carbocycles. The minimum Gasteiger partial charge on any atom is -0.338 e. The van der Waals surface area contributed by atoms with Gasteiger partial charge in [-0.15, -0.1) is 11.3 Å². The smallest absolute Gasteiger partial charge is 0.263 e. The maximum Gasteiger partial charge on any atom is 0.263 e. The molecule has 3 aromatic heterocycles. The number of hydrogen-bond donors (Lipinski definition) is 1. The average Bonchev–Trinajstić information content (AvgIpc) is 3.31. The van der Waals surface area contributed by atoms with Gasteiger partial charge in [-0.2, -0.15) is 5.10 Å². The number of nitrogens with zero attached hydrogens (tertiary/aromatic N) is 4. The SMILES string of the molecule is Cc1ccc(C(=O)N2CCC(c3nc(-c4cccnc4)n[nH]3)CC2)s1. The Morgan fingerprint density at radius 3 is 2.80 bits per heavy atom. The summed E-state index contributed by atoms with van der Waals surface area (Å²) in [5.74, 6) is 2.03. The molecule has 1 aliphatic rings. The Morgan fingerprint density at radius 2 is 2.12 bits per heavy atom. The number of aromatic amines is 1. The van der Waals surface area contributed by atoms with Crippen molar-refractivity contribution in [1.29, 1.82) is 0 Å². The van der Waals surface area contributed by atoms with Crippen LogP contribution in [0.25, 0.3) is 11.4 Å². The molecule has 4 rings (SSSR count). The van der Waals surface area contributed by atoms with E-state index in [4.69, 9.17) is 0 Å². The van der Waals surface area contributed by atoms with Gasteiger partial charge in [0.05, 0.1) is 4.88 Å². The Kier molecular flexibility index (Phi) is 4.31. The minimum absolute atomic E-state index is 0.144. The summed E-state index contributed by atoms with van der Waals surface area (Å²) in [4.78, 5) is 25.2. The number of nitrogens with one attached hydrogen (secondary N) is 1. The van der Waals surface area contributed by atoms with Crippen LogP contribution in [0.15, 0.2) is 36.7 Å². The fourth-order valence-electron chi connectivity index (χ4n) is 3.14. The number of carbonyl (C=O) groups is 1. The summed E-state index contributed by atoms with van der Waals surface area (Å²) in [6.45, 7) is 3.53. The highest BCUT2D eigenvalue weighted by atomic mass is 32.1. The van der Waals surface area contributed by atoms with Crippen molar-refractivity contribution in [2.75, 3.05) is 13.1 Å². The Balaban J connectivity index is 1.41. The lowest BCUT2D eigenvalue weighted by Crippen LogP contribution is -2.37. The third kappa shape index (κ3) is 3.32. The standard InChI is InChI=1S/C18H19N5OS/c1-12-4-5-15(25-12)18(24)23-9-6-13(7-10-23)16-20-17(22-21-16)14-3-2-8-19-11-14/h2-5,8,11,13H,6-7,9-10H2,1H3,(H,20,21,22). The largest absolute Gasteiger partial charge is 0.338 e. The van der Waals surface area contributed by atoms with Gasteiger partial charge in [0.1, 0.15) is 5.82 Å². The van der Waals surface area contributed by atoms with Gasteiger partial charge in [-0.3, -0.25) is 14.9 Å². The van der Waals surface area contributed by atoms with Gasteiger partial charge in [0.25, 0.3) is 5.91 Å². The molecule has 1 N–H and O–H groups in total. The molecule has 0 unspecified atom stereocenters. The van der Waals surface area contributed by atoms with E-state index in [1.54, 1.807) is 23.7 Å². The van der Waals surface area contributed by atoms with E-state index in [1.165, 1.54) is 4.88 Å². The zero-order valence-corrected chi connectivity index (χ0v) is 14.8. The van der Waals surface area contributed by atoms with Gasteiger partial charge in [0, 0.05) is 41.8 Å². The first kappa shape index (κ1) is 16.0. The van der Waals surface area contributed by atoms with Crippen LogP contribution in [-0.2, 0) is 0 Å².